The summed E-state index contributed by atoms with van der Waals surface area (Å²) < 4.78 is 0. The first-order valence-corrected chi connectivity index (χ1v) is 6.17. The summed E-state index contributed by atoms with van der Waals surface area (Å²) in [6.45, 7) is 1.34. The Bertz CT molecular complexity index is 339. The Labute approximate surface area is 101 Å². The van der Waals surface area contributed by atoms with Crippen LogP contribution in [0.5, 0.6) is 0 Å². The van der Waals surface area contributed by atoms with E-state index in [0.717, 1.165) is 25.7 Å². The van der Waals surface area contributed by atoms with Crippen LogP contribution in [0.1, 0.15) is 32.1 Å². The highest BCUT2D eigenvalue weighted by molar-refractivity contribution is 5.91. The molecule has 2 atom stereocenters. The SMILES string of the molecule is N=C(N=C(N)N)N1CCC2(O)CCCCC2C1. The number of nitrogens with zero attached hydrogens (tertiary/aromatic N) is 2. The molecule has 0 aromatic rings. The molecule has 1 heterocycles. The topological polar surface area (TPSA) is 112 Å². The molecule has 0 radical (unpaired) electrons. The molecule has 0 aromatic carbocycles. The van der Waals surface area contributed by atoms with E-state index in [-0.39, 0.29) is 17.8 Å². The van der Waals surface area contributed by atoms with Crippen LogP contribution in [0, 0.1) is 11.3 Å². The van der Waals surface area contributed by atoms with E-state index in [0.29, 0.717) is 19.5 Å². The number of aliphatic hydroxyl groups is 1. The number of rotatable bonds is 0. The zero-order chi connectivity index (χ0) is 12.5. The van der Waals surface area contributed by atoms with Crippen molar-refractivity contribution in [3.8, 4) is 0 Å². The lowest BCUT2D eigenvalue weighted by Gasteiger charge is -2.47. The largest absolute Gasteiger partial charge is 0.389 e. The standard InChI is InChI=1S/C11H21N5O/c12-9(13)15-10(14)16-6-5-11(17)4-2-1-3-8(11)7-16/h8,17H,1-7H2,(H5,12,13,14,15). The lowest BCUT2D eigenvalue weighted by Crippen LogP contribution is -2.54. The average molecular weight is 239 g/mol. The molecule has 2 aliphatic rings. The monoisotopic (exact) mass is 239 g/mol. The summed E-state index contributed by atoms with van der Waals surface area (Å²) in [4.78, 5) is 5.61. The van der Waals surface area contributed by atoms with E-state index < -0.39 is 5.60 Å². The number of hydrogen-bond donors (Lipinski definition) is 4. The summed E-state index contributed by atoms with van der Waals surface area (Å²) >= 11 is 0. The molecule has 2 rings (SSSR count). The van der Waals surface area contributed by atoms with Crippen molar-refractivity contribution in [2.24, 2.45) is 22.4 Å². The van der Waals surface area contributed by atoms with E-state index in [2.05, 4.69) is 4.99 Å². The van der Waals surface area contributed by atoms with Crippen molar-refractivity contribution in [2.75, 3.05) is 13.1 Å². The predicted molar refractivity (Wildman–Crippen MR) is 66.6 cm³/mol. The molecule has 1 aliphatic carbocycles. The van der Waals surface area contributed by atoms with Gasteiger partial charge in [0.05, 0.1) is 5.60 Å². The fraction of sp³-hybridized carbons (Fsp3) is 0.818. The van der Waals surface area contributed by atoms with Crippen LogP contribution >= 0.6 is 0 Å². The summed E-state index contributed by atoms with van der Waals surface area (Å²) in [6.07, 6.45) is 4.90. The first-order chi connectivity index (χ1) is 8.01. The molecule has 1 saturated carbocycles. The van der Waals surface area contributed by atoms with Gasteiger partial charge < -0.3 is 21.5 Å². The van der Waals surface area contributed by atoms with Gasteiger partial charge in [-0.1, -0.05) is 12.8 Å². The van der Waals surface area contributed by atoms with E-state index in [1.807, 2.05) is 4.90 Å². The molecular weight excluding hydrogens is 218 g/mol. The van der Waals surface area contributed by atoms with Crippen LogP contribution in [0.4, 0.5) is 0 Å². The van der Waals surface area contributed by atoms with Crippen molar-refractivity contribution < 1.29 is 5.11 Å². The molecular formula is C11H21N5O. The smallest absolute Gasteiger partial charge is 0.221 e. The maximum absolute atomic E-state index is 10.5. The van der Waals surface area contributed by atoms with Crippen LogP contribution in [-0.4, -0.2) is 40.6 Å². The van der Waals surface area contributed by atoms with Crippen molar-refractivity contribution in [3.05, 3.63) is 0 Å². The minimum Gasteiger partial charge on any atom is -0.389 e. The van der Waals surface area contributed by atoms with E-state index in [4.69, 9.17) is 16.9 Å². The summed E-state index contributed by atoms with van der Waals surface area (Å²) in [6, 6.07) is 0. The van der Waals surface area contributed by atoms with Crippen molar-refractivity contribution in [1.82, 2.24) is 4.90 Å². The Hall–Kier alpha value is -1.30. The minimum absolute atomic E-state index is 0.0838. The van der Waals surface area contributed by atoms with Gasteiger partial charge in [0, 0.05) is 19.0 Å². The van der Waals surface area contributed by atoms with Gasteiger partial charge in [0.15, 0.2) is 5.96 Å². The van der Waals surface area contributed by atoms with Gasteiger partial charge in [-0.3, -0.25) is 5.41 Å². The summed E-state index contributed by atoms with van der Waals surface area (Å²) in [5, 5.41) is 18.3. The van der Waals surface area contributed by atoms with Crippen molar-refractivity contribution in [3.63, 3.8) is 0 Å². The summed E-state index contributed by atoms with van der Waals surface area (Å²) in [5.41, 5.74) is 10.0. The van der Waals surface area contributed by atoms with Gasteiger partial charge in [0.25, 0.3) is 0 Å². The molecule has 0 spiro atoms. The molecule has 6 N–H and O–H groups in total. The Morgan fingerprint density at radius 3 is 2.82 bits per heavy atom. The van der Waals surface area contributed by atoms with E-state index in [1.165, 1.54) is 0 Å². The van der Waals surface area contributed by atoms with Gasteiger partial charge in [0.2, 0.25) is 5.96 Å². The molecule has 0 aromatic heterocycles. The third-order valence-corrected chi connectivity index (χ3v) is 3.96. The van der Waals surface area contributed by atoms with E-state index in [9.17, 15) is 5.11 Å². The third-order valence-electron chi connectivity index (χ3n) is 3.96. The number of piperidine rings is 1. The first kappa shape index (κ1) is 12.2. The van der Waals surface area contributed by atoms with Gasteiger partial charge in [0.1, 0.15) is 0 Å². The van der Waals surface area contributed by atoms with Crippen LogP contribution in [0.25, 0.3) is 0 Å². The highest BCUT2D eigenvalue weighted by Gasteiger charge is 2.43. The normalized spacial score (nSPS) is 32.8. The van der Waals surface area contributed by atoms with Crippen molar-refractivity contribution in [1.29, 1.82) is 5.41 Å². The lowest BCUT2D eigenvalue weighted by atomic mass is 9.71. The number of nitrogens with one attached hydrogen (secondary N) is 1. The van der Waals surface area contributed by atoms with Crippen LogP contribution in [0.3, 0.4) is 0 Å². The number of aliphatic imine (C=N–C) groups is 1. The third kappa shape index (κ3) is 2.52. The highest BCUT2D eigenvalue weighted by Crippen LogP contribution is 2.39. The fourth-order valence-electron chi connectivity index (χ4n) is 2.96. The predicted octanol–water partition coefficient (Wildman–Crippen LogP) is -0.178. The van der Waals surface area contributed by atoms with Gasteiger partial charge in [-0.25, -0.2) is 0 Å². The quantitative estimate of drug-likeness (QED) is 0.347. The Kier molecular flexibility index (Phi) is 3.24. The second-order valence-electron chi connectivity index (χ2n) is 5.10. The van der Waals surface area contributed by atoms with Crippen LogP contribution in [0.2, 0.25) is 0 Å². The number of guanidine groups is 2. The molecule has 0 bridgehead atoms. The minimum atomic E-state index is -0.521. The lowest BCUT2D eigenvalue weighted by molar-refractivity contribution is -0.0842. The number of nitrogens with two attached hydrogens (primary N) is 2. The van der Waals surface area contributed by atoms with E-state index >= 15 is 0 Å². The van der Waals surface area contributed by atoms with Crippen LogP contribution in [0.15, 0.2) is 4.99 Å². The van der Waals surface area contributed by atoms with Crippen molar-refractivity contribution >= 4 is 11.9 Å². The molecule has 6 nitrogen and oxygen atoms in total. The second kappa shape index (κ2) is 4.52. The Morgan fingerprint density at radius 2 is 2.12 bits per heavy atom. The molecule has 1 aliphatic heterocycles. The van der Waals surface area contributed by atoms with E-state index in [1.54, 1.807) is 0 Å². The zero-order valence-electron chi connectivity index (χ0n) is 10.0. The maximum Gasteiger partial charge on any atom is 0.221 e. The number of hydrogen-bond acceptors (Lipinski definition) is 2. The molecule has 96 valence electrons. The second-order valence-corrected chi connectivity index (χ2v) is 5.10. The number of likely N-dealkylation sites (tertiary alicyclic amines) is 1. The highest BCUT2D eigenvalue weighted by atomic mass is 16.3. The molecule has 17 heavy (non-hydrogen) atoms. The van der Waals surface area contributed by atoms with Crippen molar-refractivity contribution in [2.45, 2.75) is 37.7 Å². The molecule has 1 saturated heterocycles. The first-order valence-electron chi connectivity index (χ1n) is 6.17. The fourth-order valence-corrected chi connectivity index (χ4v) is 2.96. The maximum atomic E-state index is 10.5. The molecule has 0 amide bonds. The Morgan fingerprint density at radius 1 is 1.35 bits per heavy atom. The van der Waals surface area contributed by atoms with Gasteiger partial charge in [-0.05, 0) is 19.3 Å². The van der Waals surface area contributed by atoms with Crippen LogP contribution < -0.4 is 11.5 Å². The number of fused-ring (bicyclic) bond motifs is 1. The van der Waals surface area contributed by atoms with Gasteiger partial charge in [-0.15, -0.1) is 0 Å². The zero-order valence-corrected chi connectivity index (χ0v) is 10.0. The van der Waals surface area contributed by atoms with Crippen LogP contribution in [-0.2, 0) is 0 Å². The van der Waals surface area contributed by atoms with Gasteiger partial charge >= 0.3 is 0 Å². The summed E-state index contributed by atoms with van der Waals surface area (Å²) in [7, 11) is 0. The molecule has 6 heteroatoms. The molecule has 2 fully saturated rings. The summed E-state index contributed by atoms with van der Waals surface area (Å²) in [5.74, 6) is 0.275. The molecule has 2 unspecified atom stereocenters. The average Bonchev–Trinajstić information content (AvgIpc) is 2.26. The van der Waals surface area contributed by atoms with Gasteiger partial charge in [-0.2, -0.15) is 4.99 Å². The Balaban J connectivity index is 2.02.